The number of hydrogen-bond acceptors (Lipinski definition) is 7. The van der Waals surface area contributed by atoms with Crippen LogP contribution < -0.4 is 4.72 Å². The summed E-state index contributed by atoms with van der Waals surface area (Å²) in [4.78, 5) is 12.0. The van der Waals surface area contributed by atoms with Gasteiger partial charge in [-0.3, -0.25) is 4.72 Å². The smallest absolute Gasteiger partial charge is 0.332 e. The Labute approximate surface area is 197 Å². The molecule has 0 radical (unpaired) electrons. The van der Waals surface area contributed by atoms with E-state index < -0.39 is 63.3 Å². The molecule has 178 valence electrons. The number of benzene rings is 1. The lowest BCUT2D eigenvalue weighted by molar-refractivity contribution is -0.171. The molecule has 1 aromatic carbocycles. The third kappa shape index (κ3) is 4.54. The quantitative estimate of drug-likeness (QED) is 0.400. The van der Waals surface area contributed by atoms with Gasteiger partial charge in [0.25, 0.3) is 0 Å². The maximum Gasteiger partial charge on any atom is 0.332 e. The molecule has 0 bridgehead atoms. The van der Waals surface area contributed by atoms with Crippen LogP contribution in [0.5, 0.6) is 0 Å². The van der Waals surface area contributed by atoms with E-state index in [0.717, 1.165) is 18.2 Å². The predicted molar refractivity (Wildman–Crippen MR) is 116 cm³/mol. The zero-order chi connectivity index (χ0) is 23.9. The highest BCUT2D eigenvalue weighted by Crippen LogP contribution is 2.46. The normalized spacial score (nSPS) is 30.4. The Kier molecular flexibility index (Phi) is 7.26. The minimum atomic E-state index is -4.34. The summed E-state index contributed by atoms with van der Waals surface area (Å²) in [5, 5.41) is 27.5. The van der Waals surface area contributed by atoms with E-state index in [1.54, 1.807) is 6.92 Å². The number of carbonyl (C=O) groups is 1. The molecule has 1 aliphatic heterocycles. The molecule has 2 unspecified atom stereocenters. The van der Waals surface area contributed by atoms with E-state index in [1.807, 2.05) is 0 Å². The second-order valence-electron chi connectivity index (χ2n) is 7.60. The van der Waals surface area contributed by atoms with Gasteiger partial charge in [-0.1, -0.05) is 18.5 Å². The maximum atomic E-state index is 13.5. The van der Waals surface area contributed by atoms with Crippen molar-refractivity contribution in [2.45, 2.75) is 48.9 Å². The molecule has 0 aromatic heterocycles. The average Bonchev–Trinajstić information content (AvgIpc) is 3.04. The molecular formula is C19H22BrClFNO8S. The first-order valence-corrected chi connectivity index (χ1v) is 12.4. The number of hydrogen-bond donors (Lipinski definition) is 4. The van der Waals surface area contributed by atoms with Crippen LogP contribution in [0.3, 0.4) is 0 Å². The molecule has 1 aromatic rings. The van der Waals surface area contributed by atoms with Crippen molar-refractivity contribution in [1.82, 2.24) is 0 Å². The topological polar surface area (TPSA) is 142 Å². The zero-order valence-electron chi connectivity index (χ0n) is 16.8. The average molecular weight is 559 g/mol. The van der Waals surface area contributed by atoms with E-state index in [4.69, 9.17) is 21.1 Å². The van der Waals surface area contributed by atoms with Crippen molar-refractivity contribution in [3.8, 4) is 0 Å². The van der Waals surface area contributed by atoms with E-state index in [-0.39, 0.29) is 34.4 Å². The molecule has 2 aliphatic rings. The monoisotopic (exact) mass is 557 g/mol. The van der Waals surface area contributed by atoms with E-state index >= 15 is 0 Å². The number of carboxylic acid groups (broad SMARTS) is 1. The summed E-state index contributed by atoms with van der Waals surface area (Å²) in [6.45, 7) is 0.757. The van der Waals surface area contributed by atoms with Gasteiger partial charge in [-0.25, -0.2) is 17.6 Å². The molecule has 4 N–H and O–H groups in total. The second kappa shape index (κ2) is 9.16. The summed E-state index contributed by atoms with van der Waals surface area (Å²) in [6, 6.07) is 1.93. The van der Waals surface area contributed by atoms with Gasteiger partial charge in [0.05, 0.1) is 29.5 Å². The molecular weight excluding hydrogens is 537 g/mol. The Morgan fingerprint density at radius 1 is 1.41 bits per heavy atom. The van der Waals surface area contributed by atoms with Crippen LogP contribution in [0.2, 0.25) is 5.02 Å². The van der Waals surface area contributed by atoms with Gasteiger partial charge in [0.2, 0.25) is 10.0 Å². The number of ether oxygens (including phenoxy) is 2. The molecule has 0 amide bonds. The SMILES string of the molecule is CC[C@]1(CO)OC2(C=C(C(=O)O)C(S(=O)(=O)Nc3c(Cl)cc(F)cc3Br)CC2)O[C@@H]1CO. The van der Waals surface area contributed by atoms with E-state index in [1.165, 1.54) is 0 Å². The van der Waals surface area contributed by atoms with Crippen molar-refractivity contribution in [3.05, 3.63) is 39.1 Å². The van der Waals surface area contributed by atoms with Crippen molar-refractivity contribution >= 4 is 49.2 Å². The Bertz CT molecular complexity index is 1020. The van der Waals surface area contributed by atoms with Crippen LogP contribution in [-0.4, -0.2) is 65.7 Å². The summed E-state index contributed by atoms with van der Waals surface area (Å²) in [6.07, 6.45) is 0.163. The van der Waals surface area contributed by atoms with Gasteiger partial charge >= 0.3 is 5.97 Å². The van der Waals surface area contributed by atoms with Crippen molar-refractivity contribution in [2.24, 2.45) is 0 Å². The van der Waals surface area contributed by atoms with Gasteiger partial charge < -0.3 is 24.8 Å². The van der Waals surface area contributed by atoms with E-state index in [0.29, 0.717) is 0 Å². The summed E-state index contributed by atoms with van der Waals surface area (Å²) in [5.74, 6) is -3.80. The molecule has 4 atom stereocenters. The number of anilines is 1. The van der Waals surface area contributed by atoms with E-state index in [9.17, 15) is 32.9 Å². The number of halogens is 3. The van der Waals surface area contributed by atoms with Crippen LogP contribution in [0.1, 0.15) is 26.2 Å². The highest BCUT2D eigenvalue weighted by atomic mass is 79.9. The standard InChI is InChI=1S/C19H22BrClFNO8S/c1-2-18(9-25)15(8-24)30-19(31-18)4-3-14(11(7-19)17(26)27)32(28,29)23-16-12(20)5-10(22)6-13(16)21/h5-7,14-15,23-25H,2-4,8-9H2,1H3,(H,26,27)/t14?,15-,18-,19?/m1/s1. The molecule has 3 rings (SSSR count). The Morgan fingerprint density at radius 2 is 2.09 bits per heavy atom. The molecule has 32 heavy (non-hydrogen) atoms. The largest absolute Gasteiger partial charge is 0.478 e. The first-order chi connectivity index (χ1) is 14.9. The minimum Gasteiger partial charge on any atom is -0.478 e. The molecule has 1 saturated heterocycles. The summed E-state index contributed by atoms with van der Waals surface area (Å²) < 4.78 is 53.6. The number of aliphatic carboxylic acids is 1. The van der Waals surface area contributed by atoms with Gasteiger partial charge in [0, 0.05) is 10.9 Å². The molecule has 13 heteroatoms. The molecule has 1 heterocycles. The third-order valence-corrected chi connectivity index (χ3v) is 8.34. The van der Waals surface area contributed by atoms with Crippen molar-refractivity contribution in [2.75, 3.05) is 17.9 Å². The highest BCUT2D eigenvalue weighted by molar-refractivity contribution is 9.10. The molecule has 1 spiro atoms. The Hall–Kier alpha value is -1.28. The fourth-order valence-corrected chi connectivity index (χ4v) is 6.63. The van der Waals surface area contributed by atoms with Gasteiger partial charge in [0.15, 0.2) is 5.79 Å². The fourth-order valence-electron chi connectivity index (χ4n) is 3.97. The highest BCUT2D eigenvalue weighted by Gasteiger charge is 2.57. The van der Waals surface area contributed by atoms with Crippen LogP contribution >= 0.6 is 27.5 Å². The third-order valence-electron chi connectivity index (χ3n) is 5.69. The first kappa shape index (κ1) is 25.3. The summed E-state index contributed by atoms with van der Waals surface area (Å²) in [5.41, 5.74) is -1.89. The van der Waals surface area contributed by atoms with E-state index in [2.05, 4.69) is 20.7 Å². The summed E-state index contributed by atoms with van der Waals surface area (Å²) >= 11 is 9.00. The lowest BCUT2D eigenvalue weighted by atomic mass is 9.93. The maximum absolute atomic E-state index is 13.5. The van der Waals surface area contributed by atoms with Gasteiger partial charge in [-0.2, -0.15) is 0 Å². The van der Waals surface area contributed by atoms with Crippen LogP contribution in [0.4, 0.5) is 10.1 Å². The second-order valence-corrected chi connectivity index (χ2v) is 10.7. The fraction of sp³-hybridized carbons (Fsp3) is 0.526. The number of sulfonamides is 1. The number of nitrogens with one attached hydrogen (secondary N) is 1. The molecule has 9 nitrogen and oxygen atoms in total. The Balaban J connectivity index is 1.98. The van der Waals surface area contributed by atoms with Gasteiger partial charge in [-0.05, 0) is 47.0 Å². The number of aliphatic hydroxyl groups is 2. The lowest BCUT2D eigenvalue weighted by Gasteiger charge is -2.34. The van der Waals surface area contributed by atoms with Crippen LogP contribution in [0, 0.1) is 5.82 Å². The molecule has 1 fully saturated rings. The predicted octanol–water partition coefficient (Wildman–Crippen LogP) is 2.40. The van der Waals surface area contributed by atoms with Crippen molar-refractivity contribution in [3.63, 3.8) is 0 Å². The van der Waals surface area contributed by atoms with Crippen molar-refractivity contribution < 1.29 is 42.4 Å². The zero-order valence-corrected chi connectivity index (χ0v) is 20.0. The van der Waals surface area contributed by atoms with Crippen LogP contribution in [0.15, 0.2) is 28.3 Å². The number of rotatable bonds is 7. The Morgan fingerprint density at radius 3 is 2.59 bits per heavy atom. The van der Waals surface area contributed by atoms with Crippen LogP contribution in [-0.2, 0) is 24.3 Å². The number of carboxylic acids is 1. The molecule has 0 saturated carbocycles. The van der Waals surface area contributed by atoms with Crippen molar-refractivity contribution in [1.29, 1.82) is 0 Å². The number of aliphatic hydroxyl groups excluding tert-OH is 2. The minimum absolute atomic E-state index is 0.0446. The summed E-state index contributed by atoms with van der Waals surface area (Å²) in [7, 11) is -4.34. The van der Waals surface area contributed by atoms with Gasteiger partial charge in [0.1, 0.15) is 22.8 Å². The lowest BCUT2D eigenvalue weighted by Crippen LogP contribution is -2.46. The van der Waals surface area contributed by atoms with Gasteiger partial charge in [-0.15, -0.1) is 0 Å². The first-order valence-electron chi connectivity index (χ1n) is 9.64. The molecule has 1 aliphatic carbocycles. The van der Waals surface area contributed by atoms with Crippen LogP contribution in [0.25, 0.3) is 0 Å².